The molecule has 0 unspecified atom stereocenters. The Balaban J connectivity index is 2.30. The van der Waals surface area contributed by atoms with Gasteiger partial charge in [0.25, 0.3) is 5.91 Å². The monoisotopic (exact) mass is 311 g/mol. The van der Waals surface area contributed by atoms with Gasteiger partial charge in [0.2, 0.25) is 0 Å². The van der Waals surface area contributed by atoms with Gasteiger partial charge in [0.15, 0.2) is 5.65 Å². The molecule has 2 aromatic heterocycles. The molecule has 7 nitrogen and oxygen atoms in total. The summed E-state index contributed by atoms with van der Waals surface area (Å²) >= 11 is 0. The second-order valence-electron chi connectivity index (χ2n) is 5.17. The summed E-state index contributed by atoms with van der Waals surface area (Å²) in [5, 5.41) is 5.04. The third kappa shape index (κ3) is 2.51. The standard InChI is InChI=1S/C16H17N5O2/c1-9-14-12(16(22)19-17)8-13(18-15(14)21(2)20-9)10-5-4-6-11(7-10)23-3/h4-8H,17H2,1-3H3,(H,19,22). The minimum absolute atomic E-state index is 0.377. The number of carbonyl (C=O) groups is 1. The summed E-state index contributed by atoms with van der Waals surface area (Å²) in [6.07, 6.45) is 0. The van der Waals surface area contributed by atoms with E-state index < -0.39 is 0 Å². The summed E-state index contributed by atoms with van der Waals surface area (Å²) in [6, 6.07) is 9.21. The maximum atomic E-state index is 12.2. The van der Waals surface area contributed by atoms with Gasteiger partial charge < -0.3 is 4.74 Å². The van der Waals surface area contributed by atoms with Crippen LogP contribution < -0.4 is 16.0 Å². The van der Waals surface area contributed by atoms with Crippen molar-refractivity contribution in [1.82, 2.24) is 20.2 Å². The van der Waals surface area contributed by atoms with Crippen molar-refractivity contribution in [3.8, 4) is 17.0 Å². The van der Waals surface area contributed by atoms with E-state index >= 15 is 0 Å². The molecule has 1 amide bonds. The molecule has 0 bridgehead atoms. The molecule has 0 spiro atoms. The fraction of sp³-hybridized carbons (Fsp3) is 0.188. The number of fused-ring (bicyclic) bond motifs is 1. The zero-order chi connectivity index (χ0) is 16.6. The van der Waals surface area contributed by atoms with E-state index in [1.165, 1.54) is 0 Å². The number of nitrogen functional groups attached to an aromatic ring is 1. The van der Waals surface area contributed by atoms with Gasteiger partial charge in [-0.3, -0.25) is 14.9 Å². The van der Waals surface area contributed by atoms with Gasteiger partial charge in [0.1, 0.15) is 5.75 Å². The number of ether oxygens (including phenoxy) is 1. The van der Waals surface area contributed by atoms with E-state index in [0.717, 1.165) is 17.0 Å². The van der Waals surface area contributed by atoms with Crippen LogP contribution in [-0.2, 0) is 7.05 Å². The largest absolute Gasteiger partial charge is 0.497 e. The van der Waals surface area contributed by atoms with Crippen molar-refractivity contribution in [2.24, 2.45) is 12.9 Å². The quantitative estimate of drug-likeness (QED) is 0.435. The first-order valence-electron chi connectivity index (χ1n) is 7.05. The number of benzene rings is 1. The minimum atomic E-state index is -0.377. The van der Waals surface area contributed by atoms with Crippen LogP contribution in [0.25, 0.3) is 22.3 Å². The molecule has 0 saturated heterocycles. The van der Waals surface area contributed by atoms with Crippen LogP contribution in [0.1, 0.15) is 16.1 Å². The topological polar surface area (TPSA) is 95.1 Å². The van der Waals surface area contributed by atoms with Gasteiger partial charge in [-0.1, -0.05) is 12.1 Å². The average Bonchev–Trinajstić information content (AvgIpc) is 2.87. The number of aromatic nitrogens is 3. The van der Waals surface area contributed by atoms with Crippen LogP contribution in [0.4, 0.5) is 0 Å². The van der Waals surface area contributed by atoms with Crippen molar-refractivity contribution < 1.29 is 9.53 Å². The number of pyridine rings is 1. The van der Waals surface area contributed by atoms with E-state index in [9.17, 15) is 4.79 Å². The molecule has 23 heavy (non-hydrogen) atoms. The number of carbonyl (C=O) groups excluding carboxylic acids is 1. The molecule has 2 heterocycles. The molecule has 0 aliphatic rings. The summed E-state index contributed by atoms with van der Waals surface area (Å²) in [7, 11) is 3.40. The maximum absolute atomic E-state index is 12.2. The predicted octanol–water partition coefficient (Wildman–Crippen LogP) is 1.56. The number of nitrogens with zero attached hydrogens (tertiary/aromatic N) is 3. The Labute approximate surface area is 133 Å². The highest BCUT2D eigenvalue weighted by atomic mass is 16.5. The summed E-state index contributed by atoms with van der Waals surface area (Å²) in [4.78, 5) is 16.8. The first kappa shape index (κ1) is 15.0. The van der Waals surface area contributed by atoms with Crippen molar-refractivity contribution in [3.05, 3.63) is 41.6 Å². The molecule has 3 aromatic rings. The van der Waals surface area contributed by atoms with Gasteiger partial charge in [-0.2, -0.15) is 5.10 Å². The lowest BCUT2D eigenvalue weighted by Gasteiger charge is -2.08. The Morgan fingerprint density at radius 3 is 2.83 bits per heavy atom. The first-order valence-corrected chi connectivity index (χ1v) is 7.05. The van der Waals surface area contributed by atoms with Crippen LogP contribution in [0, 0.1) is 6.92 Å². The van der Waals surface area contributed by atoms with E-state index in [1.807, 2.05) is 31.2 Å². The molecule has 1 aromatic carbocycles. The third-order valence-corrected chi connectivity index (χ3v) is 3.71. The van der Waals surface area contributed by atoms with Crippen molar-refractivity contribution >= 4 is 16.9 Å². The number of hydrogen-bond donors (Lipinski definition) is 2. The fourth-order valence-electron chi connectivity index (χ4n) is 2.63. The van der Waals surface area contributed by atoms with Crippen LogP contribution in [-0.4, -0.2) is 27.8 Å². The molecule has 0 atom stereocenters. The Hall–Kier alpha value is -2.93. The fourth-order valence-corrected chi connectivity index (χ4v) is 2.63. The molecule has 0 fully saturated rings. The minimum Gasteiger partial charge on any atom is -0.497 e. The number of amides is 1. The molecule has 3 N–H and O–H groups in total. The van der Waals surface area contributed by atoms with Crippen LogP contribution >= 0.6 is 0 Å². The summed E-state index contributed by atoms with van der Waals surface area (Å²) in [5.41, 5.74) is 5.48. The zero-order valence-corrected chi connectivity index (χ0v) is 13.1. The molecule has 0 saturated carbocycles. The number of nitrogens with one attached hydrogen (secondary N) is 1. The number of nitrogens with two attached hydrogens (primary N) is 1. The van der Waals surface area contributed by atoms with Gasteiger partial charge >= 0.3 is 0 Å². The Kier molecular flexibility index (Phi) is 3.71. The Bertz CT molecular complexity index is 901. The van der Waals surface area contributed by atoms with E-state index in [2.05, 4.69) is 15.5 Å². The summed E-state index contributed by atoms with van der Waals surface area (Å²) in [6.45, 7) is 1.84. The van der Waals surface area contributed by atoms with Crippen molar-refractivity contribution in [2.45, 2.75) is 6.92 Å². The summed E-state index contributed by atoms with van der Waals surface area (Å²) < 4.78 is 6.90. The van der Waals surface area contributed by atoms with E-state index in [1.54, 1.807) is 24.9 Å². The second kappa shape index (κ2) is 5.69. The molecule has 3 rings (SSSR count). The van der Waals surface area contributed by atoms with E-state index in [4.69, 9.17) is 10.6 Å². The van der Waals surface area contributed by atoms with Gasteiger partial charge in [0.05, 0.1) is 29.4 Å². The van der Waals surface area contributed by atoms with Crippen LogP contribution in [0.15, 0.2) is 30.3 Å². The smallest absolute Gasteiger partial charge is 0.266 e. The van der Waals surface area contributed by atoms with Crippen LogP contribution in [0.3, 0.4) is 0 Å². The van der Waals surface area contributed by atoms with Crippen LogP contribution in [0.2, 0.25) is 0 Å². The molecule has 0 aliphatic carbocycles. The van der Waals surface area contributed by atoms with Crippen LogP contribution in [0.5, 0.6) is 5.75 Å². The molecule has 0 radical (unpaired) electrons. The molecule has 0 aliphatic heterocycles. The lowest BCUT2D eigenvalue weighted by Crippen LogP contribution is -2.30. The van der Waals surface area contributed by atoms with Crippen molar-refractivity contribution in [2.75, 3.05) is 7.11 Å². The lowest BCUT2D eigenvalue weighted by molar-refractivity contribution is 0.0955. The molecule has 7 heteroatoms. The third-order valence-electron chi connectivity index (χ3n) is 3.71. The summed E-state index contributed by atoms with van der Waals surface area (Å²) in [5.74, 6) is 5.66. The maximum Gasteiger partial charge on any atom is 0.266 e. The number of hydrazine groups is 1. The van der Waals surface area contributed by atoms with Gasteiger partial charge in [-0.15, -0.1) is 0 Å². The van der Waals surface area contributed by atoms with Crippen molar-refractivity contribution in [3.63, 3.8) is 0 Å². The normalized spacial score (nSPS) is 10.8. The predicted molar refractivity (Wildman–Crippen MR) is 86.9 cm³/mol. The number of rotatable bonds is 3. The van der Waals surface area contributed by atoms with Gasteiger partial charge in [-0.05, 0) is 25.1 Å². The van der Waals surface area contributed by atoms with Crippen molar-refractivity contribution in [1.29, 1.82) is 0 Å². The molecular weight excluding hydrogens is 294 g/mol. The second-order valence-corrected chi connectivity index (χ2v) is 5.17. The van der Waals surface area contributed by atoms with E-state index in [0.29, 0.717) is 22.3 Å². The Morgan fingerprint density at radius 2 is 2.13 bits per heavy atom. The van der Waals surface area contributed by atoms with E-state index in [-0.39, 0.29) is 5.91 Å². The number of hydrogen-bond acceptors (Lipinski definition) is 5. The van der Waals surface area contributed by atoms with Gasteiger partial charge in [0, 0.05) is 12.6 Å². The highest BCUT2D eigenvalue weighted by Gasteiger charge is 2.18. The molecular formula is C16H17N5O2. The highest BCUT2D eigenvalue weighted by molar-refractivity contribution is 6.07. The average molecular weight is 311 g/mol. The first-order chi connectivity index (χ1) is 11.0. The highest BCUT2D eigenvalue weighted by Crippen LogP contribution is 2.28. The number of aryl methyl sites for hydroxylation is 2. The zero-order valence-electron chi connectivity index (χ0n) is 13.1. The number of methoxy groups -OCH3 is 1. The SMILES string of the molecule is COc1cccc(-c2cc(C(=O)NN)c3c(C)nn(C)c3n2)c1. The van der Waals surface area contributed by atoms with Gasteiger partial charge in [-0.25, -0.2) is 10.8 Å². The Morgan fingerprint density at radius 1 is 1.35 bits per heavy atom. The molecule has 118 valence electrons. The lowest BCUT2D eigenvalue weighted by atomic mass is 10.0.